The van der Waals surface area contributed by atoms with E-state index in [1.165, 1.54) is 5.30 Å². The molecule has 0 amide bonds. The molecule has 1 N–H and O–H groups in total. The molecule has 0 aliphatic heterocycles. The van der Waals surface area contributed by atoms with E-state index in [-0.39, 0.29) is 5.16 Å². The van der Waals surface area contributed by atoms with Gasteiger partial charge in [0.1, 0.15) is 5.75 Å². The summed E-state index contributed by atoms with van der Waals surface area (Å²) in [6.45, 7) is 4.42. The van der Waals surface area contributed by atoms with Crippen LogP contribution in [0.15, 0.2) is 83.9 Å². The van der Waals surface area contributed by atoms with Crippen LogP contribution in [0.4, 0.5) is 5.69 Å². The van der Waals surface area contributed by atoms with Crippen molar-refractivity contribution in [1.82, 2.24) is 0 Å². The van der Waals surface area contributed by atoms with Crippen molar-refractivity contribution in [2.75, 3.05) is 0 Å². The normalized spacial score (nSPS) is 12.2. The maximum atomic E-state index is 10.5. The van der Waals surface area contributed by atoms with E-state index < -0.39 is 0 Å². The Kier molecular flexibility index (Phi) is 6.42. The molecule has 0 aliphatic carbocycles. The Hall–Kier alpha value is -2.44. The van der Waals surface area contributed by atoms with Crippen LogP contribution in [0.1, 0.15) is 37.8 Å². The number of rotatable bonds is 7. The van der Waals surface area contributed by atoms with Crippen molar-refractivity contribution >= 4 is 25.8 Å². The predicted molar refractivity (Wildman–Crippen MR) is 118 cm³/mol. The van der Waals surface area contributed by atoms with E-state index in [0.29, 0.717) is 14.3 Å². The second kappa shape index (κ2) is 8.97. The van der Waals surface area contributed by atoms with Crippen molar-refractivity contribution in [1.29, 1.82) is 0 Å². The fourth-order valence-corrected chi connectivity index (χ4v) is 5.08. The molecule has 0 heterocycles. The summed E-state index contributed by atoms with van der Waals surface area (Å²) in [5.74, 6) is 0.393. The zero-order valence-corrected chi connectivity index (χ0v) is 16.9. The second-order valence-corrected chi connectivity index (χ2v) is 8.36. The summed E-state index contributed by atoms with van der Waals surface area (Å²) >= 11 is 0. The number of aliphatic imine (C=N–C) groups is 1. The van der Waals surface area contributed by atoms with Crippen LogP contribution in [0.2, 0.25) is 0 Å². The lowest BCUT2D eigenvalue weighted by molar-refractivity contribution is 0.448. The van der Waals surface area contributed by atoms with Crippen LogP contribution < -0.4 is 5.30 Å². The van der Waals surface area contributed by atoms with Crippen molar-refractivity contribution in [3.05, 3.63) is 90.0 Å². The molecule has 0 aliphatic rings. The van der Waals surface area contributed by atoms with Gasteiger partial charge in [0.2, 0.25) is 0 Å². The molecule has 1 unspecified atom stereocenters. The van der Waals surface area contributed by atoms with E-state index in [1.54, 1.807) is 6.07 Å². The first-order chi connectivity index (χ1) is 13.2. The molecule has 1 atom stereocenters. The number of aromatic hydroxyl groups is 1. The first-order valence-electron chi connectivity index (χ1n) is 9.43. The largest absolute Gasteiger partial charge is 0.508 e. The highest BCUT2D eigenvalue weighted by Gasteiger charge is 2.31. The molecular weight excluding hydrogens is 349 g/mol. The Morgan fingerprint density at radius 2 is 1.48 bits per heavy atom. The summed E-state index contributed by atoms with van der Waals surface area (Å²) in [5.41, 5.74) is 3.14. The average molecular weight is 375 g/mol. The van der Waals surface area contributed by atoms with Crippen LogP contribution in [0.25, 0.3) is 0 Å². The van der Waals surface area contributed by atoms with Gasteiger partial charge in [-0.15, -0.1) is 0 Å². The summed E-state index contributed by atoms with van der Waals surface area (Å²) in [6.07, 6.45) is 3.91. The standard InChI is InChI=1S/C24H26NOP/c1-3-24(4-2,21-15-9-10-16-22(21)26)27-23-17-11-8-12-19(23)18-25-20-13-6-5-7-14-20/h5-18,26-27H,3-4H2,1-2H3. The Balaban J connectivity index is 1.96. The van der Waals surface area contributed by atoms with Gasteiger partial charge in [0, 0.05) is 22.5 Å². The van der Waals surface area contributed by atoms with Gasteiger partial charge in [-0.2, -0.15) is 0 Å². The summed E-state index contributed by atoms with van der Waals surface area (Å²) in [5, 5.41) is 11.7. The lowest BCUT2D eigenvalue weighted by Crippen LogP contribution is -2.23. The topological polar surface area (TPSA) is 32.6 Å². The van der Waals surface area contributed by atoms with Crippen LogP contribution in [0.5, 0.6) is 5.75 Å². The van der Waals surface area contributed by atoms with Gasteiger partial charge in [0.25, 0.3) is 0 Å². The molecule has 0 aromatic heterocycles. The fraction of sp³-hybridized carbons (Fsp3) is 0.208. The van der Waals surface area contributed by atoms with Gasteiger partial charge < -0.3 is 5.11 Å². The van der Waals surface area contributed by atoms with Gasteiger partial charge >= 0.3 is 0 Å². The van der Waals surface area contributed by atoms with Gasteiger partial charge in [-0.1, -0.05) is 83.1 Å². The number of benzene rings is 3. The van der Waals surface area contributed by atoms with E-state index >= 15 is 0 Å². The quantitative estimate of drug-likeness (QED) is 0.389. The van der Waals surface area contributed by atoms with Crippen LogP contribution in [-0.4, -0.2) is 11.3 Å². The first kappa shape index (κ1) is 19.3. The summed E-state index contributed by atoms with van der Waals surface area (Å²) in [6, 6.07) is 26.2. The summed E-state index contributed by atoms with van der Waals surface area (Å²) in [4.78, 5) is 4.64. The Labute approximate surface area is 163 Å². The van der Waals surface area contributed by atoms with Gasteiger partial charge in [0.05, 0.1) is 5.69 Å². The second-order valence-electron chi connectivity index (χ2n) is 6.61. The van der Waals surface area contributed by atoms with E-state index in [4.69, 9.17) is 0 Å². The number of nitrogens with zero attached hydrogens (tertiary/aromatic N) is 1. The molecule has 27 heavy (non-hydrogen) atoms. The van der Waals surface area contributed by atoms with Crippen LogP contribution in [-0.2, 0) is 5.16 Å². The minimum Gasteiger partial charge on any atom is -0.508 e. The van der Waals surface area contributed by atoms with E-state index in [0.717, 1.165) is 29.7 Å². The summed E-state index contributed by atoms with van der Waals surface area (Å²) in [7, 11) is 0.555. The fourth-order valence-electron chi connectivity index (χ4n) is 3.39. The minimum absolute atomic E-state index is 0.0674. The number of phenolic OH excluding ortho intramolecular Hbond substituents is 1. The number of para-hydroxylation sites is 2. The highest BCUT2D eigenvalue weighted by molar-refractivity contribution is 7.48. The van der Waals surface area contributed by atoms with Crippen molar-refractivity contribution in [2.45, 2.75) is 31.8 Å². The monoisotopic (exact) mass is 375 g/mol. The Bertz CT molecular complexity index is 901. The van der Waals surface area contributed by atoms with Gasteiger partial charge in [0.15, 0.2) is 0 Å². The smallest absolute Gasteiger partial charge is 0.119 e. The third-order valence-electron chi connectivity index (χ3n) is 5.07. The van der Waals surface area contributed by atoms with Gasteiger partial charge in [-0.3, -0.25) is 4.99 Å². The van der Waals surface area contributed by atoms with Crippen LogP contribution in [0.3, 0.4) is 0 Å². The average Bonchev–Trinajstić information content (AvgIpc) is 2.73. The summed E-state index contributed by atoms with van der Waals surface area (Å²) < 4.78 is 0. The number of phenols is 1. The molecular formula is C24H26NOP. The highest BCUT2D eigenvalue weighted by Crippen LogP contribution is 2.49. The van der Waals surface area contributed by atoms with Crippen LogP contribution >= 0.6 is 8.58 Å². The molecule has 0 bridgehead atoms. The predicted octanol–water partition coefficient (Wildman–Crippen LogP) is 6.16. The van der Waals surface area contributed by atoms with E-state index in [2.05, 4.69) is 49.2 Å². The third-order valence-corrected chi connectivity index (χ3v) is 7.25. The highest BCUT2D eigenvalue weighted by atomic mass is 31.1. The lowest BCUT2D eigenvalue weighted by Gasteiger charge is -2.33. The first-order valence-corrected chi connectivity index (χ1v) is 10.4. The zero-order valence-electron chi connectivity index (χ0n) is 15.9. The molecule has 0 radical (unpaired) electrons. The number of hydrogen-bond acceptors (Lipinski definition) is 2. The molecule has 0 spiro atoms. The molecule has 2 nitrogen and oxygen atoms in total. The van der Waals surface area contributed by atoms with E-state index in [9.17, 15) is 5.11 Å². The SMILES string of the molecule is CCC(CC)(Pc1ccccc1C=Nc1ccccc1)c1ccccc1O. The molecule has 3 heteroatoms. The van der Waals surface area contributed by atoms with Crippen molar-refractivity contribution < 1.29 is 5.11 Å². The Morgan fingerprint density at radius 3 is 2.19 bits per heavy atom. The van der Waals surface area contributed by atoms with Crippen LogP contribution in [0, 0.1) is 0 Å². The van der Waals surface area contributed by atoms with Gasteiger partial charge in [-0.05, 0) is 36.3 Å². The third kappa shape index (κ3) is 4.46. The minimum atomic E-state index is -0.0674. The molecule has 0 saturated carbocycles. The maximum absolute atomic E-state index is 10.5. The zero-order chi connectivity index (χ0) is 19.1. The number of hydrogen-bond donors (Lipinski definition) is 1. The molecule has 3 aromatic rings. The van der Waals surface area contributed by atoms with Crippen molar-refractivity contribution in [3.8, 4) is 5.75 Å². The molecule has 138 valence electrons. The Morgan fingerprint density at radius 1 is 0.852 bits per heavy atom. The molecule has 0 fully saturated rings. The molecule has 0 saturated heterocycles. The van der Waals surface area contributed by atoms with Crippen molar-refractivity contribution in [3.63, 3.8) is 0 Å². The molecule has 3 aromatic carbocycles. The lowest BCUT2D eigenvalue weighted by atomic mass is 9.92. The van der Waals surface area contributed by atoms with E-state index in [1.807, 2.05) is 48.7 Å². The van der Waals surface area contributed by atoms with Gasteiger partial charge in [-0.25, -0.2) is 0 Å². The molecule has 3 rings (SSSR count). The maximum Gasteiger partial charge on any atom is 0.119 e. The van der Waals surface area contributed by atoms with Crippen molar-refractivity contribution in [2.24, 2.45) is 4.99 Å².